The summed E-state index contributed by atoms with van der Waals surface area (Å²) in [5.74, 6) is -0.186. The van der Waals surface area contributed by atoms with Crippen LogP contribution >= 0.6 is 23.4 Å². The lowest BCUT2D eigenvalue weighted by Crippen LogP contribution is -2.38. The van der Waals surface area contributed by atoms with E-state index in [-0.39, 0.29) is 18.1 Å². The monoisotopic (exact) mass is 437 g/mol. The Morgan fingerprint density at radius 3 is 2.52 bits per heavy atom. The molecule has 0 spiro atoms. The van der Waals surface area contributed by atoms with E-state index in [2.05, 4.69) is 5.32 Å². The van der Waals surface area contributed by atoms with Crippen LogP contribution in [0.2, 0.25) is 5.02 Å². The summed E-state index contributed by atoms with van der Waals surface area (Å²) >= 11 is 7.20. The first kappa shape index (κ1) is 22.5. The number of carbonyl (C=O) groups is 2. The fraction of sp³-hybridized carbons (Fsp3) is 0.263. The van der Waals surface area contributed by atoms with Crippen LogP contribution < -0.4 is 10.1 Å². The number of nitrogens with zero attached hydrogens (tertiary/aromatic N) is 2. The summed E-state index contributed by atoms with van der Waals surface area (Å²) in [6.45, 7) is 1.56. The Balaban J connectivity index is 1.94. The van der Waals surface area contributed by atoms with Crippen molar-refractivity contribution in [2.45, 2.75) is 17.1 Å². The van der Waals surface area contributed by atoms with Gasteiger partial charge in [-0.1, -0.05) is 11.6 Å². The molecule has 154 valence electrons. The lowest BCUT2D eigenvalue weighted by Gasteiger charge is -2.21. The van der Waals surface area contributed by atoms with Gasteiger partial charge in [-0.3, -0.25) is 19.7 Å². The van der Waals surface area contributed by atoms with Gasteiger partial charge in [-0.2, -0.15) is 0 Å². The largest absolute Gasteiger partial charge is 0.495 e. The van der Waals surface area contributed by atoms with Crippen molar-refractivity contribution in [1.82, 2.24) is 4.90 Å². The molecule has 8 nitrogen and oxygen atoms in total. The van der Waals surface area contributed by atoms with Crippen LogP contribution in [0.15, 0.2) is 47.4 Å². The average Bonchev–Trinajstić information content (AvgIpc) is 2.67. The van der Waals surface area contributed by atoms with E-state index in [1.54, 1.807) is 37.3 Å². The van der Waals surface area contributed by atoms with E-state index in [4.69, 9.17) is 16.3 Å². The van der Waals surface area contributed by atoms with Gasteiger partial charge in [0.1, 0.15) is 5.75 Å². The SMILES string of the molecule is COc1ccc(Cl)cc1NC(=O)CN(C)C(=O)C(C)Sc1ccc([N+](=O)[O-])cc1. The van der Waals surface area contributed by atoms with Crippen molar-refractivity contribution < 1.29 is 19.2 Å². The number of hydrogen-bond donors (Lipinski definition) is 1. The second-order valence-electron chi connectivity index (χ2n) is 6.10. The Labute approximate surface area is 177 Å². The number of carbonyl (C=O) groups excluding carboxylic acids is 2. The van der Waals surface area contributed by atoms with E-state index in [0.717, 1.165) is 4.90 Å². The molecule has 0 aliphatic carbocycles. The molecule has 0 heterocycles. The third kappa shape index (κ3) is 6.37. The van der Waals surface area contributed by atoms with Gasteiger partial charge in [0.2, 0.25) is 11.8 Å². The number of halogens is 1. The highest BCUT2D eigenvalue weighted by molar-refractivity contribution is 8.00. The molecule has 0 saturated carbocycles. The van der Waals surface area contributed by atoms with Gasteiger partial charge >= 0.3 is 0 Å². The molecule has 0 aromatic heterocycles. The first-order valence-electron chi connectivity index (χ1n) is 8.50. The quantitative estimate of drug-likeness (QED) is 0.382. The zero-order valence-corrected chi connectivity index (χ0v) is 17.6. The highest BCUT2D eigenvalue weighted by Gasteiger charge is 2.21. The van der Waals surface area contributed by atoms with Crippen molar-refractivity contribution in [3.05, 3.63) is 57.6 Å². The molecule has 2 rings (SSSR count). The first-order valence-corrected chi connectivity index (χ1v) is 9.76. The number of non-ortho nitro benzene ring substituents is 1. The molecule has 2 aromatic rings. The summed E-state index contributed by atoms with van der Waals surface area (Å²) in [5.41, 5.74) is 0.401. The summed E-state index contributed by atoms with van der Waals surface area (Å²) in [7, 11) is 3.01. The number of nitro benzene ring substituents is 1. The number of nitrogens with one attached hydrogen (secondary N) is 1. The molecule has 0 radical (unpaired) electrons. The molecule has 0 bridgehead atoms. The topological polar surface area (TPSA) is 102 Å². The standard InChI is InChI=1S/C19H20ClN3O5S/c1-12(29-15-7-5-14(6-8-15)23(26)27)19(25)22(2)11-18(24)21-16-10-13(20)4-9-17(16)28-3/h4-10,12H,11H2,1-3H3,(H,21,24). The van der Waals surface area contributed by atoms with E-state index < -0.39 is 16.1 Å². The Hall–Kier alpha value is -2.78. The average molecular weight is 438 g/mol. The molecule has 2 aromatic carbocycles. The number of anilines is 1. The Morgan fingerprint density at radius 1 is 1.28 bits per heavy atom. The summed E-state index contributed by atoms with van der Waals surface area (Å²) in [6.07, 6.45) is 0. The van der Waals surface area contributed by atoms with Gasteiger partial charge in [0.25, 0.3) is 5.69 Å². The molecule has 2 amide bonds. The number of benzene rings is 2. The third-order valence-electron chi connectivity index (χ3n) is 3.90. The van der Waals surface area contributed by atoms with Crippen molar-refractivity contribution in [2.75, 3.05) is 26.0 Å². The van der Waals surface area contributed by atoms with E-state index >= 15 is 0 Å². The number of likely N-dealkylation sites (N-methyl/N-ethyl adjacent to an activating group) is 1. The zero-order chi connectivity index (χ0) is 21.6. The van der Waals surface area contributed by atoms with Crippen LogP contribution in [0.4, 0.5) is 11.4 Å². The van der Waals surface area contributed by atoms with Gasteiger partial charge in [0, 0.05) is 29.1 Å². The predicted octanol–water partition coefficient (Wildman–Crippen LogP) is 3.83. The van der Waals surface area contributed by atoms with Crippen LogP contribution in [0.5, 0.6) is 5.75 Å². The molecular formula is C19H20ClN3O5S. The van der Waals surface area contributed by atoms with Gasteiger partial charge in [-0.05, 0) is 37.3 Å². The fourth-order valence-corrected chi connectivity index (χ4v) is 3.63. The minimum absolute atomic E-state index is 0.0152. The highest BCUT2D eigenvalue weighted by atomic mass is 35.5. The Bertz CT molecular complexity index is 907. The number of hydrogen-bond acceptors (Lipinski definition) is 6. The molecule has 1 unspecified atom stereocenters. The van der Waals surface area contributed by atoms with Gasteiger partial charge in [-0.25, -0.2) is 0 Å². The number of methoxy groups -OCH3 is 1. The zero-order valence-electron chi connectivity index (χ0n) is 16.0. The van der Waals surface area contributed by atoms with Crippen LogP contribution in [0.1, 0.15) is 6.92 Å². The Kier molecular flexibility index (Phi) is 7.86. The lowest BCUT2D eigenvalue weighted by atomic mass is 10.3. The molecule has 1 N–H and O–H groups in total. The predicted molar refractivity (Wildman–Crippen MR) is 113 cm³/mol. The number of amides is 2. The van der Waals surface area contributed by atoms with Gasteiger partial charge < -0.3 is 15.0 Å². The Morgan fingerprint density at radius 2 is 1.93 bits per heavy atom. The lowest BCUT2D eigenvalue weighted by molar-refractivity contribution is -0.384. The smallest absolute Gasteiger partial charge is 0.269 e. The maximum Gasteiger partial charge on any atom is 0.269 e. The van der Waals surface area contributed by atoms with Crippen LogP contribution in [-0.2, 0) is 9.59 Å². The molecular weight excluding hydrogens is 418 g/mol. The normalized spacial score (nSPS) is 11.4. The van der Waals surface area contributed by atoms with Crippen molar-refractivity contribution in [1.29, 1.82) is 0 Å². The summed E-state index contributed by atoms with van der Waals surface area (Å²) in [4.78, 5) is 37.1. The highest BCUT2D eigenvalue weighted by Crippen LogP contribution is 2.28. The van der Waals surface area contributed by atoms with Crippen LogP contribution in [0.3, 0.4) is 0 Å². The molecule has 0 fully saturated rings. The molecule has 0 aliphatic rings. The molecule has 0 saturated heterocycles. The van der Waals surface area contributed by atoms with Crippen molar-refractivity contribution in [3.63, 3.8) is 0 Å². The fourth-order valence-electron chi connectivity index (χ4n) is 2.47. The molecule has 0 aliphatic heterocycles. The second-order valence-corrected chi connectivity index (χ2v) is 7.95. The van der Waals surface area contributed by atoms with E-state index in [9.17, 15) is 19.7 Å². The molecule has 1 atom stereocenters. The van der Waals surface area contributed by atoms with Gasteiger partial charge in [0.05, 0.1) is 29.5 Å². The summed E-state index contributed by atoms with van der Waals surface area (Å²) in [6, 6.07) is 10.8. The van der Waals surface area contributed by atoms with Gasteiger partial charge in [0.15, 0.2) is 0 Å². The van der Waals surface area contributed by atoms with Crippen molar-refractivity contribution in [3.8, 4) is 5.75 Å². The minimum Gasteiger partial charge on any atom is -0.495 e. The van der Waals surface area contributed by atoms with Crippen LogP contribution in [0, 0.1) is 10.1 Å². The van der Waals surface area contributed by atoms with E-state index in [1.165, 1.54) is 43.0 Å². The number of nitro groups is 1. The second kappa shape index (κ2) is 10.1. The number of ether oxygens (including phenoxy) is 1. The number of thioether (sulfide) groups is 1. The van der Waals surface area contributed by atoms with Gasteiger partial charge in [-0.15, -0.1) is 11.8 Å². The first-order chi connectivity index (χ1) is 13.7. The minimum atomic E-state index is -0.482. The summed E-state index contributed by atoms with van der Waals surface area (Å²) in [5, 5.41) is 13.4. The van der Waals surface area contributed by atoms with E-state index in [1.807, 2.05) is 0 Å². The van der Waals surface area contributed by atoms with Crippen molar-refractivity contribution >= 4 is 46.6 Å². The summed E-state index contributed by atoms with van der Waals surface area (Å²) < 4.78 is 5.18. The third-order valence-corrected chi connectivity index (χ3v) is 5.24. The van der Waals surface area contributed by atoms with Crippen LogP contribution in [-0.4, -0.2) is 47.6 Å². The molecule has 29 heavy (non-hydrogen) atoms. The molecule has 10 heteroatoms. The maximum absolute atomic E-state index is 12.6. The number of rotatable bonds is 8. The van der Waals surface area contributed by atoms with E-state index in [0.29, 0.717) is 16.5 Å². The maximum atomic E-state index is 12.6. The van der Waals surface area contributed by atoms with Crippen LogP contribution in [0.25, 0.3) is 0 Å². The van der Waals surface area contributed by atoms with Crippen molar-refractivity contribution in [2.24, 2.45) is 0 Å².